The highest BCUT2D eigenvalue weighted by Crippen LogP contribution is 2.32. The van der Waals surface area contributed by atoms with E-state index in [0.717, 1.165) is 11.3 Å². The summed E-state index contributed by atoms with van der Waals surface area (Å²) in [6, 6.07) is 4.10. The van der Waals surface area contributed by atoms with Crippen molar-refractivity contribution in [2.45, 2.75) is 29.5 Å². The molecule has 1 aromatic rings. The Balaban J connectivity index is 1.81. The molecular weight excluding hydrogens is 374 g/mol. The van der Waals surface area contributed by atoms with Gasteiger partial charge in [-0.1, -0.05) is 11.6 Å². The fourth-order valence-electron chi connectivity index (χ4n) is 2.71. The van der Waals surface area contributed by atoms with Crippen LogP contribution in [0.4, 0.5) is 0 Å². The van der Waals surface area contributed by atoms with Gasteiger partial charge in [-0.25, -0.2) is 8.42 Å². The summed E-state index contributed by atoms with van der Waals surface area (Å²) in [6.45, 7) is 0.597. The summed E-state index contributed by atoms with van der Waals surface area (Å²) in [6.07, 6.45) is 1.44. The van der Waals surface area contributed by atoms with Crippen LogP contribution in [0.3, 0.4) is 0 Å². The Hall–Kier alpha value is -1.60. The first kappa shape index (κ1) is 17.2. The molecule has 3 heterocycles. The number of carbonyl (C=O) groups excluding carboxylic acids is 1. The van der Waals surface area contributed by atoms with Crippen LogP contribution in [0.5, 0.6) is 0 Å². The smallest absolute Gasteiger partial charge is 0.253 e. The first-order chi connectivity index (χ1) is 11.4. The van der Waals surface area contributed by atoms with E-state index in [9.17, 15) is 13.2 Å². The minimum Gasteiger partial charge on any atom is -0.478 e. The molecule has 128 valence electrons. The maximum atomic E-state index is 12.7. The molecule has 2 aliphatic rings. The number of sulfonamides is 1. The Labute approximate surface area is 148 Å². The van der Waals surface area contributed by atoms with Crippen molar-refractivity contribution in [2.24, 2.45) is 0 Å². The van der Waals surface area contributed by atoms with E-state index in [1.165, 1.54) is 16.4 Å². The molecule has 0 bridgehead atoms. The molecule has 7 nitrogen and oxygen atoms in total. The first-order valence-corrected chi connectivity index (χ1v) is 9.91. The average Bonchev–Trinajstić information content (AvgIpc) is 3.26. The zero-order chi connectivity index (χ0) is 17.3. The second-order valence-corrected chi connectivity index (χ2v) is 9.17. The van der Waals surface area contributed by atoms with E-state index in [1.807, 2.05) is 6.07 Å². The molecule has 2 aliphatic heterocycles. The third-order valence-corrected chi connectivity index (χ3v) is 7.47. The number of halogens is 1. The second kappa shape index (κ2) is 6.72. The molecular formula is C14H14ClN3O4S2. The van der Waals surface area contributed by atoms with Gasteiger partial charge in [-0.3, -0.25) is 10.1 Å². The standard InChI is InChI=1S/C14H14ClN3O4S2/c15-11-3-4-12(23-11)24(20,21)18-6-1-2-10(18)13(19)17-14-9(8-16)5-7-22-14/h3-4,10H,1-2,5-7H2,(H,17,19)/t10-/m1/s1. The number of hydrogen-bond donors (Lipinski definition) is 1. The molecule has 1 amide bonds. The van der Waals surface area contributed by atoms with Gasteiger partial charge in [0, 0.05) is 13.0 Å². The van der Waals surface area contributed by atoms with E-state index in [2.05, 4.69) is 5.32 Å². The van der Waals surface area contributed by atoms with E-state index in [4.69, 9.17) is 21.6 Å². The minimum atomic E-state index is -3.78. The van der Waals surface area contributed by atoms with Gasteiger partial charge in [0.2, 0.25) is 11.8 Å². The van der Waals surface area contributed by atoms with Gasteiger partial charge in [-0.05, 0) is 25.0 Å². The Morgan fingerprint density at radius 2 is 2.29 bits per heavy atom. The van der Waals surface area contributed by atoms with Crippen LogP contribution in [-0.2, 0) is 19.6 Å². The molecule has 10 heteroatoms. The van der Waals surface area contributed by atoms with E-state index in [1.54, 1.807) is 0 Å². The Morgan fingerprint density at radius 1 is 1.50 bits per heavy atom. The van der Waals surface area contributed by atoms with Gasteiger partial charge in [0.15, 0.2) is 0 Å². The Morgan fingerprint density at radius 3 is 2.96 bits per heavy atom. The number of hydrogen-bond acceptors (Lipinski definition) is 6. The lowest BCUT2D eigenvalue weighted by atomic mass is 10.2. The van der Waals surface area contributed by atoms with Crippen LogP contribution in [0.25, 0.3) is 0 Å². The van der Waals surface area contributed by atoms with Crippen LogP contribution in [0.1, 0.15) is 19.3 Å². The monoisotopic (exact) mass is 387 g/mol. The van der Waals surface area contributed by atoms with E-state index < -0.39 is 22.0 Å². The van der Waals surface area contributed by atoms with Crippen LogP contribution >= 0.6 is 22.9 Å². The first-order valence-electron chi connectivity index (χ1n) is 7.27. The number of ether oxygens (including phenoxy) is 1. The third kappa shape index (κ3) is 3.15. The molecule has 24 heavy (non-hydrogen) atoms. The van der Waals surface area contributed by atoms with Gasteiger partial charge < -0.3 is 4.74 Å². The van der Waals surface area contributed by atoms with Crippen molar-refractivity contribution in [3.8, 4) is 6.07 Å². The van der Waals surface area contributed by atoms with E-state index in [0.29, 0.717) is 35.8 Å². The quantitative estimate of drug-likeness (QED) is 0.849. The van der Waals surface area contributed by atoms with Crippen molar-refractivity contribution >= 4 is 38.9 Å². The number of rotatable bonds is 4. The van der Waals surface area contributed by atoms with Crippen LogP contribution in [-0.4, -0.2) is 37.8 Å². The molecule has 1 aromatic heterocycles. The van der Waals surface area contributed by atoms with E-state index >= 15 is 0 Å². The second-order valence-electron chi connectivity index (χ2n) is 5.34. The van der Waals surface area contributed by atoms with Crippen molar-refractivity contribution in [3.05, 3.63) is 27.9 Å². The van der Waals surface area contributed by atoms with Gasteiger partial charge in [-0.2, -0.15) is 9.57 Å². The average molecular weight is 388 g/mol. The SMILES string of the molecule is N#CC1=C(NC(=O)[C@H]2CCCN2S(=O)(=O)c2ccc(Cl)s2)OCC1. The van der Waals surface area contributed by atoms with Crippen LogP contribution in [0.15, 0.2) is 27.8 Å². The number of carbonyl (C=O) groups is 1. The van der Waals surface area contributed by atoms with Crippen molar-refractivity contribution < 1.29 is 17.9 Å². The topological polar surface area (TPSA) is 99.5 Å². The summed E-state index contributed by atoms with van der Waals surface area (Å²) in [4.78, 5) is 12.5. The lowest BCUT2D eigenvalue weighted by molar-refractivity contribution is -0.124. The lowest BCUT2D eigenvalue weighted by Crippen LogP contribution is -2.45. The summed E-state index contributed by atoms with van der Waals surface area (Å²) >= 11 is 6.78. The minimum absolute atomic E-state index is 0.112. The molecule has 3 rings (SSSR count). The fraction of sp³-hybridized carbons (Fsp3) is 0.429. The molecule has 1 saturated heterocycles. The van der Waals surface area contributed by atoms with Gasteiger partial charge in [0.05, 0.1) is 16.5 Å². The van der Waals surface area contributed by atoms with Crippen molar-refractivity contribution in [2.75, 3.05) is 13.2 Å². The third-order valence-electron chi connectivity index (χ3n) is 3.86. The molecule has 0 saturated carbocycles. The highest BCUT2D eigenvalue weighted by molar-refractivity contribution is 7.91. The molecule has 0 aromatic carbocycles. The molecule has 0 radical (unpaired) electrons. The van der Waals surface area contributed by atoms with Crippen LogP contribution in [0, 0.1) is 11.3 Å². The normalized spacial score (nSPS) is 21.6. The number of nitrogens with one attached hydrogen (secondary N) is 1. The number of amides is 1. The summed E-state index contributed by atoms with van der Waals surface area (Å²) in [7, 11) is -3.78. The maximum Gasteiger partial charge on any atom is 0.253 e. The van der Waals surface area contributed by atoms with E-state index in [-0.39, 0.29) is 16.6 Å². The van der Waals surface area contributed by atoms with Crippen molar-refractivity contribution in [1.29, 1.82) is 5.26 Å². The molecule has 0 spiro atoms. The molecule has 0 unspecified atom stereocenters. The van der Waals surface area contributed by atoms with Gasteiger partial charge in [-0.15, -0.1) is 11.3 Å². The zero-order valence-electron chi connectivity index (χ0n) is 12.5. The Bertz CT molecular complexity index is 840. The summed E-state index contributed by atoms with van der Waals surface area (Å²) in [5, 5.41) is 11.5. The number of thiophene rings is 1. The van der Waals surface area contributed by atoms with Crippen molar-refractivity contribution in [3.63, 3.8) is 0 Å². The van der Waals surface area contributed by atoms with Gasteiger partial charge >= 0.3 is 0 Å². The zero-order valence-corrected chi connectivity index (χ0v) is 14.9. The number of nitriles is 1. The predicted octanol–water partition coefficient (Wildman–Crippen LogP) is 1.83. The largest absolute Gasteiger partial charge is 0.478 e. The highest BCUT2D eigenvalue weighted by Gasteiger charge is 2.40. The summed E-state index contributed by atoms with van der Waals surface area (Å²) in [5.41, 5.74) is 0.362. The highest BCUT2D eigenvalue weighted by atomic mass is 35.5. The molecule has 1 atom stereocenters. The van der Waals surface area contributed by atoms with Gasteiger partial charge in [0.1, 0.15) is 16.3 Å². The van der Waals surface area contributed by atoms with Crippen LogP contribution < -0.4 is 5.32 Å². The van der Waals surface area contributed by atoms with Gasteiger partial charge in [0.25, 0.3) is 10.0 Å². The maximum absolute atomic E-state index is 12.7. The van der Waals surface area contributed by atoms with Crippen LogP contribution in [0.2, 0.25) is 4.34 Å². The lowest BCUT2D eigenvalue weighted by Gasteiger charge is -2.22. The summed E-state index contributed by atoms with van der Waals surface area (Å²) < 4.78 is 32.4. The molecule has 1 fully saturated rings. The molecule has 0 aliphatic carbocycles. The molecule has 1 N–H and O–H groups in total. The number of nitrogens with zero attached hydrogens (tertiary/aromatic N) is 2. The summed E-state index contributed by atoms with van der Waals surface area (Å²) in [5.74, 6) is -0.353. The fourth-order valence-corrected chi connectivity index (χ4v) is 5.98. The predicted molar refractivity (Wildman–Crippen MR) is 87.6 cm³/mol. The Kier molecular flexibility index (Phi) is 4.83. The van der Waals surface area contributed by atoms with Crippen molar-refractivity contribution in [1.82, 2.24) is 9.62 Å².